The lowest BCUT2D eigenvalue weighted by Crippen LogP contribution is -2.22. The highest BCUT2D eigenvalue weighted by atomic mass is 19.1. The van der Waals surface area contributed by atoms with Gasteiger partial charge in [0.15, 0.2) is 0 Å². The van der Waals surface area contributed by atoms with Crippen molar-refractivity contribution in [3.05, 3.63) is 59.7 Å². The molecule has 3 nitrogen and oxygen atoms in total. The Morgan fingerprint density at radius 1 is 1.25 bits per heavy atom. The third kappa shape index (κ3) is 3.54. The quantitative estimate of drug-likeness (QED) is 0.910. The number of halogens is 1. The first-order chi connectivity index (χ1) is 9.58. The van der Waals surface area contributed by atoms with Crippen LogP contribution in [-0.4, -0.2) is 23.7 Å². The van der Waals surface area contributed by atoms with E-state index in [0.717, 1.165) is 18.7 Å². The number of anilines is 1. The van der Waals surface area contributed by atoms with Crippen molar-refractivity contribution in [1.82, 2.24) is 4.98 Å². The van der Waals surface area contributed by atoms with Crippen molar-refractivity contribution < 1.29 is 9.50 Å². The predicted octanol–water partition coefficient (Wildman–Crippen LogP) is 2.95. The smallest absolute Gasteiger partial charge is 0.123 e. The van der Waals surface area contributed by atoms with Gasteiger partial charge in [0.05, 0.1) is 6.10 Å². The number of hydrogen-bond donors (Lipinski definition) is 1. The standard InChI is InChI=1S/C16H19FN2O/c1-12(20)15-11-14(17)3-4-16(15)19(2)10-7-13-5-8-18-9-6-13/h3-6,8-9,11-12,20H,7,10H2,1-2H3/t12-/m1/s1. The van der Waals surface area contributed by atoms with Crippen LogP contribution in [0.15, 0.2) is 42.7 Å². The van der Waals surface area contributed by atoms with Crippen molar-refractivity contribution in [1.29, 1.82) is 0 Å². The molecule has 1 atom stereocenters. The fourth-order valence-electron chi connectivity index (χ4n) is 2.17. The molecule has 0 aliphatic carbocycles. The predicted molar refractivity (Wildman–Crippen MR) is 78.2 cm³/mol. The molecule has 2 aromatic rings. The van der Waals surface area contributed by atoms with E-state index >= 15 is 0 Å². The number of aliphatic hydroxyl groups is 1. The molecule has 2 rings (SSSR count). The van der Waals surface area contributed by atoms with Crippen molar-refractivity contribution in [3.8, 4) is 0 Å². The van der Waals surface area contributed by atoms with Gasteiger partial charge in [0.2, 0.25) is 0 Å². The molecule has 0 radical (unpaired) electrons. The third-order valence-electron chi connectivity index (χ3n) is 3.34. The average molecular weight is 274 g/mol. The van der Waals surface area contributed by atoms with Gasteiger partial charge in [-0.2, -0.15) is 0 Å². The van der Waals surface area contributed by atoms with Gasteiger partial charge in [-0.15, -0.1) is 0 Å². The lowest BCUT2D eigenvalue weighted by atomic mass is 10.1. The summed E-state index contributed by atoms with van der Waals surface area (Å²) >= 11 is 0. The lowest BCUT2D eigenvalue weighted by Gasteiger charge is -2.23. The van der Waals surface area contributed by atoms with Crippen molar-refractivity contribution in [3.63, 3.8) is 0 Å². The molecule has 1 aromatic carbocycles. The van der Waals surface area contributed by atoms with E-state index in [2.05, 4.69) is 4.98 Å². The van der Waals surface area contributed by atoms with E-state index < -0.39 is 6.10 Å². The minimum absolute atomic E-state index is 0.327. The van der Waals surface area contributed by atoms with Crippen LogP contribution in [0.4, 0.5) is 10.1 Å². The van der Waals surface area contributed by atoms with Gasteiger partial charge in [-0.1, -0.05) is 0 Å². The average Bonchev–Trinajstić information content (AvgIpc) is 2.45. The SMILES string of the molecule is C[C@@H](O)c1cc(F)ccc1N(C)CCc1ccncc1. The van der Waals surface area contributed by atoms with Gasteiger partial charge in [0.25, 0.3) is 0 Å². The molecule has 1 heterocycles. The zero-order valence-electron chi connectivity index (χ0n) is 11.8. The molecule has 4 heteroatoms. The Balaban J connectivity index is 2.11. The molecule has 0 amide bonds. The molecule has 0 bridgehead atoms. The molecule has 0 saturated heterocycles. The maximum Gasteiger partial charge on any atom is 0.123 e. The number of benzene rings is 1. The van der Waals surface area contributed by atoms with Crippen LogP contribution in [-0.2, 0) is 6.42 Å². The second kappa shape index (κ2) is 6.48. The fourth-order valence-corrected chi connectivity index (χ4v) is 2.17. The fraction of sp³-hybridized carbons (Fsp3) is 0.312. The van der Waals surface area contributed by atoms with Gasteiger partial charge in [-0.05, 0) is 49.2 Å². The molecule has 1 N–H and O–H groups in total. The Bertz CT molecular complexity index is 558. The molecular formula is C16H19FN2O. The number of aromatic nitrogens is 1. The number of aliphatic hydroxyl groups excluding tert-OH is 1. The zero-order valence-corrected chi connectivity index (χ0v) is 11.8. The molecule has 0 aliphatic rings. The number of nitrogens with zero attached hydrogens (tertiary/aromatic N) is 2. The summed E-state index contributed by atoms with van der Waals surface area (Å²) in [5.74, 6) is -0.327. The van der Waals surface area contributed by atoms with Crippen LogP contribution in [0.1, 0.15) is 24.2 Å². The second-order valence-corrected chi connectivity index (χ2v) is 4.91. The van der Waals surface area contributed by atoms with E-state index in [0.29, 0.717) is 5.56 Å². The summed E-state index contributed by atoms with van der Waals surface area (Å²) in [7, 11) is 1.94. The summed E-state index contributed by atoms with van der Waals surface area (Å²) in [5, 5.41) is 9.76. The molecule has 0 saturated carbocycles. The van der Waals surface area contributed by atoms with E-state index in [9.17, 15) is 9.50 Å². The molecule has 0 fully saturated rings. The van der Waals surface area contributed by atoms with Gasteiger partial charge in [-0.3, -0.25) is 4.98 Å². The van der Waals surface area contributed by atoms with Gasteiger partial charge in [0.1, 0.15) is 5.82 Å². The van der Waals surface area contributed by atoms with E-state index in [1.807, 2.05) is 24.1 Å². The monoisotopic (exact) mass is 274 g/mol. The van der Waals surface area contributed by atoms with Gasteiger partial charge < -0.3 is 10.0 Å². The first kappa shape index (κ1) is 14.5. The van der Waals surface area contributed by atoms with Crippen LogP contribution in [0.2, 0.25) is 0 Å². The van der Waals surface area contributed by atoms with Crippen LogP contribution < -0.4 is 4.90 Å². The molecule has 20 heavy (non-hydrogen) atoms. The van der Waals surface area contributed by atoms with E-state index in [-0.39, 0.29) is 5.82 Å². The Kier molecular flexibility index (Phi) is 4.69. The third-order valence-corrected chi connectivity index (χ3v) is 3.34. The number of likely N-dealkylation sites (N-methyl/N-ethyl adjacent to an activating group) is 1. The molecule has 0 unspecified atom stereocenters. The highest BCUT2D eigenvalue weighted by Gasteiger charge is 2.12. The maximum absolute atomic E-state index is 13.3. The lowest BCUT2D eigenvalue weighted by molar-refractivity contribution is 0.199. The highest BCUT2D eigenvalue weighted by molar-refractivity contribution is 5.54. The van der Waals surface area contributed by atoms with Gasteiger partial charge in [-0.25, -0.2) is 4.39 Å². The summed E-state index contributed by atoms with van der Waals surface area (Å²) < 4.78 is 13.3. The van der Waals surface area contributed by atoms with Crippen LogP contribution >= 0.6 is 0 Å². The Morgan fingerprint density at radius 2 is 1.95 bits per heavy atom. The normalized spacial score (nSPS) is 12.2. The van der Waals surface area contributed by atoms with E-state index in [1.165, 1.54) is 17.7 Å². The number of rotatable bonds is 5. The van der Waals surface area contributed by atoms with Crippen LogP contribution in [0.5, 0.6) is 0 Å². The molecule has 106 valence electrons. The van der Waals surface area contributed by atoms with Crippen molar-refractivity contribution in [2.24, 2.45) is 0 Å². The van der Waals surface area contributed by atoms with Crippen molar-refractivity contribution >= 4 is 5.69 Å². The number of pyridine rings is 1. The number of hydrogen-bond acceptors (Lipinski definition) is 3. The summed E-state index contributed by atoms with van der Waals surface area (Å²) in [5.41, 5.74) is 2.67. The van der Waals surface area contributed by atoms with E-state index in [1.54, 1.807) is 25.4 Å². The minimum atomic E-state index is -0.691. The summed E-state index contributed by atoms with van der Waals surface area (Å²) in [6, 6.07) is 8.49. The zero-order chi connectivity index (χ0) is 14.5. The summed E-state index contributed by atoms with van der Waals surface area (Å²) in [6.07, 6.45) is 3.72. The second-order valence-electron chi connectivity index (χ2n) is 4.91. The van der Waals surface area contributed by atoms with E-state index in [4.69, 9.17) is 0 Å². The van der Waals surface area contributed by atoms with Crippen LogP contribution in [0.3, 0.4) is 0 Å². The Labute approximate surface area is 118 Å². The molecule has 0 spiro atoms. The van der Waals surface area contributed by atoms with Crippen molar-refractivity contribution in [2.45, 2.75) is 19.4 Å². The maximum atomic E-state index is 13.3. The largest absolute Gasteiger partial charge is 0.389 e. The highest BCUT2D eigenvalue weighted by Crippen LogP contribution is 2.26. The first-order valence-corrected chi connectivity index (χ1v) is 6.65. The first-order valence-electron chi connectivity index (χ1n) is 6.65. The Hall–Kier alpha value is -1.94. The molecular weight excluding hydrogens is 255 g/mol. The topological polar surface area (TPSA) is 36.4 Å². The van der Waals surface area contributed by atoms with Crippen LogP contribution in [0.25, 0.3) is 0 Å². The minimum Gasteiger partial charge on any atom is -0.389 e. The van der Waals surface area contributed by atoms with Crippen molar-refractivity contribution in [2.75, 3.05) is 18.5 Å². The summed E-state index contributed by atoms with van der Waals surface area (Å²) in [6.45, 7) is 2.43. The van der Waals surface area contributed by atoms with Gasteiger partial charge in [0, 0.05) is 37.2 Å². The Morgan fingerprint density at radius 3 is 2.60 bits per heavy atom. The molecule has 0 aliphatic heterocycles. The molecule has 1 aromatic heterocycles. The van der Waals surface area contributed by atoms with Crippen LogP contribution in [0, 0.1) is 5.82 Å². The summed E-state index contributed by atoms with van der Waals surface area (Å²) in [4.78, 5) is 6.02. The van der Waals surface area contributed by atoms with Gasteiger partial charge >= 0.3 is 0 Å².